The van der Waals surface area contributed by atoms with E-state index in [0.717, 1.165) is 25.0 Å². The molecule has 0 amide bonds. The van der Waals surface area contributed by atoms with Crippen molar-refractivity contribution in [2.75, 3.05) is 0 Å². The van der Waals surface area contributed by atoms with E-state index in [1.165, 1.54) is 0 Å². The van der Waals surface area contributed by atoms with Gasteiger partial charge in [-0.25, -0.2) is 8.78 Å². The van der Waals surface area contributed by atoms with Crippen LogP contribution < -0.4 is 0 Å². The van der Waals surface area contributed by atoms with Crippen molar-refractivity contribution in [3.63, 3.8) is 0 Å². The van der Waals surface area contributed by atoms with Crippen LogP contribution in [0.15, 0.2) is 12.1 Å². The normalized spacial score (nSPS) is 16.9. The maximum Gasteiger partial charge on any atom is 0.303 e. The molecule has 5 heteroatoms. The first-order valence-corrected chi connectivity index (χ1v) is 5.73. The molecular weight excluding hydrogens is 250 g/mol. The molecule has 0 heterocycles. The standard InChI is InChI=1S/C12H11ClF2O2/c13-12-9(15)4-3-8(14)11(12)7(5-10(16)17)6-1-2-6/h3-4,6-7H,1-2,5H2,(H,16,17). The molecule has 0 spiro atoms. The summed E-state index contributed by atoms with van der Waals surface area (Å²) in [6.07, 6.45) is 1.46. The second-order valence-corrected chi connectivity index (χ2v) is 4.68. The van der Waals surface area contributed by atoms with Gasteiger partial charge >= 0.3 is 5.97 Å². The molecule has 1 atom stereocenters. The first-order valence-electron chi connectivity index (χ1n) is 5.36. The Morgan fingerprint density at radius 3 is 2.53 bits per heavy atom. The first-order chi connectivity index (χ1) is 8.00. The molecule has 1 aromatic rings. The molecule has 1 saturated carbocycles. The third-order valence-electron chi connectivity index (χ3n) is 3.04. The van der Waals surface area contributed by atoms with Gasteiger partial charge in [0, 0.05) is 11.5 Å². The van der Waals surface area contributed by atoms with E-state index < -0.39 is 23.5 Å². The summed E-state index contributed by atoms with van der Waals surface area (Å²) in [7, 11) is 0. The number of carboxylic acids is 1. The van der Waals surface area contributed by atoms with Crippen LogP contribution in [0.1, 0.15) is 30.7 Å². The first kappa shape index (κ1) is 12.3. The third kappa shape index (κ3) is 2.57. The highest BCUT2D eigenvalue weighted by Crippen LogP contribution is 2.47. The lowest BCUT2D eigenvalue weighted by molar-refractivity contribution is -0.137. The zero-order valence-electron chi connectivity index (χ0n) is 8.92. The van der Waals surface area contributed by atoms with Crippen LogP contribution in [0.5, 0.6) is 0 Å². The predicted molar refractivity (Wildman–Crippen MR) is 59.1 cm³/mol. The minimum Gasteiger partial charge on any atom is -0.481 e. The summed E-state index contributed by atoms with van der Waals surface area (Å²) in [6, 6.07) is 1.94. The van der Waals surface area contributed by atoms with E-state index in [1.54, 1.807) is 0 Å². The van der Waals surface area contributed by atoms with Gasteiger partial charge in [0.25, 0.3) is 0 Å². The molecule has 92 valence electrons. The van der Waals surface area contributed by atoms with E-state index >= 15 is 0 Å². The van der Waals surface area contributed by atoms with Crippen LogP contribution in [0.25, 0.3) is 0 Å². The lowest BCUT2D eigenvalue weighted by Gasteiger charge is -2.17. The van der Waals surface area contributed by atoms with Crippen molar-refractivity contribution in [2.24, 2.45) is 5.92 Å². The van der Waals surface area contributed by atoms with Gasteiger partial charge in [0.1, 0.15) is 11.6 Å². The highest BCUT2D eigenvalue weighted by atomic mass is 35.5. The van der Waals surface area contributed by atoms with Gasteiger partial charge in [0.2, 0.25) is 0 Å². The van der Waals surface area contributed by atoms with E-state index in [0.29, 0.717) is 0 Å². The van der Waals surface area contributed by atoms with Crippen molar-refractivity contribution >= 4 is 17.6 Å². The van der Waals surface area contributed by atoms with Gasteiger partial charge in [0.15, 0.2) is 0 Å². The highest BCUT2D eigenvalue weighted by molar-refractivity contribution is 6.31. The number of rotatable bonds is 4. The lowest BCUT2D eigenvalue weighted by atomic mass is 9.90. The smallest absolute Gasteiger partial charge is 0.303 e. The highest BCUT2D eigenvalue weighted by Gasteiger charge is 2.37. The van der Waals surface area contributed by atoms with Gasteiger partial charge in [-0.1, -0.05) is 11.6 Å². The Morgan fingerprint density at radius 2 is 2.00 bits per heavy atom. The van der Waals surface area contributed by atoms with Crippen molar-refractivity contribution in [3.8, 4) is 0 Å². The summed E-state index contributed by atoms with van der Waals surface area (Å²) in [5, 5.41) is 8.52. The Bertz CT molecular complexity index is 458. The molecule has 1 fully saturated rings. The third-order valence-corrected chi connectivity index (χ3v) is 3.42. The monoisotopic (exact) mass is 260 g/mol. The number of hydrogen-bond acceptors (Lipinski definition) is 1. The summed E-state index contributed by atoms with van der Waals surface area (Å²) >= 11 is 5.74. The Morgan fingerprint density at radius 1 is 1.41 bits per heavy atom. The largest absolute Gasteiger partial charge is 0.481 e. The fraction of sp³-hybridized carbons (Fsp3) is 0.417. The van der Waals surface area contributed by atoms with Crippen LogP contribution in [-0.4, -0.2) is 11.1 Å². The van der Waals surface area contributed by atoms with E-state index in [1.807, 2.05) is 0 Å². The van der Waals surface area contributed by atoms with Gasteiger partial charge in [-0.15, -0.1) is 0 Å². The molecule has 0 saturated heterocycles. The topological polar surface area (TPSA) is 37.3 Å². The number of carbonyl (C=O) groups is 1. The van der Waals surface area contributed by atoms with E-state index in [9.17, 15) is 13.6 Å². The summed E-state index contributed by atoms with van der Waals surface area (Å²) in [6.45, 7) is 0. The summed E-state index contributed by atoms with van der Waals surface area (Å²) < 4.78 is 27.0. The van der Waals surface area contributed by atoms with Gasteiger partial charge in [0.05, 0.1) is 11.4 Å². The molecule has 0 aliphatic heterocycles. The fourth-order valence-corrected chi connectivity index (χ4v) is 2.37. The van der Waals surface area contributed by atoms with Crippen molar-refractivity contribution in [2.45, 2.75) is 25.2 Å². The molecule has 2 nitrogen and oxygen atoms in total. The quantitative estimate of drug-likeness (QED) is 0.840. The van der Waals surface area contributed by atoms with Gasteiger partial charge in [-0.2, -0.15) is 0 Å². The molecular formula is C12H11ClF2O2. The molecule has 1 N–H and O–H groups in total. The van der Waals surface area contributed by atoms with E-state index in [4.69, 9.17) is 16.7 Å². The number of carboxylic acid groups (broad SMARTS) is 1. The molecule has 0 radical (unpaired) electrons. The number of hydrogen-bond donors (Lipinski definition) is 1. The minimum atomic E-state index is -1.03. The average Bonchev–Trinajstić information content (AvgIpc) is 3.06. The Balaban J connectivity index is 2.41. The van der Waals surface area contributed by atoms with Gasteiger partial charge < -0.3 is 5.11 Å². The molecule has 1 aliphatic carbocycles. The molecule has 1 unspecified atom stereocenters. The number of halogens is 3. The van der Waals surface area contributed by atoms with Crippen molar-refractivity contribution < 1.29 is 18.7 Å². The number of benzene rings is 1. The maximum absolute atomic E-state index is 13.7. The van der Waals surface area contributed by atoms with Crippen molar-refractivity contribution in [3.05, 3.63) is 34.4 Å². The van der Waals surface area contributed by atoms with Crippen molar-refractivity contribution in [1.29, 1.82) is 0 Å². The summed E-state index contributed by atoms with van der Waals surface area (Å²) in [4.78, 5) is 10.8. The van der Waals surface area contributed by atoms with Crippen LogP contribution in [0.2, 0.25) is 5.02 Å². The number of aliphatic carboxylic acids is 1. The Labute approximate surface area is 102 Å². The van der Waals surface area contributed by atoms with Crippen molar-refractivity contribution in [1.82, 2.24) is 0 Å². The van der Waals surface area contributed by atoms with Crippen LogP contribution in [0.4, 0.5) is 8.78 Å². The summed E-state index contributed by atoms with van der Waals surface area (Å²) in [5.41, 5.74) is 0.0107. The Hall–Kier alpha value is -1.16. The molecule has 2 rings (SSSR count). The zero-order valence-corrected chi connectivity index (χ0v) is 9.68. The molecule has 1 aromatic carbocycles. The van der Waals surface area contributed by atoms with E-state index in [2.05, 4.69) is 0 Å². The molecule has 17 heavy (non-hydrogen) atoms. The lowest BCUT2D eigenvalue weighted by Crippen LogP contribution is -2.11. The zero-order chi connectivity index (χ0) is 12.6. The SMILES string of the molecule is O=C(O)CC(c1c(F)ccc(F)c1Cl)C1CC1. The fourth-order valence-electron chi connectivity index (χ4n) is 2.07. The van der Waals surface area contributed by atoms with Crippen LogP contribution in [0, 0.1) is 17.6 Å². The maximum atomic E-state index is 13.7. The molecule has 0 bridgehead atoms. The second kappa shape index (κ2) is 4.61. The predicted octanol–water partition coefficient (Wildman–Crippen LogP) is 3.59. The average molecular weight is 261 g/mol. The Kier molecular flexibility index (Phi) is 3.33. The van der Waals surface area contributed by atoms with Crippen LogP contribution in [0.3, 0.4) is 0 Å². The summed E-state index contributed by atoms with van der Waals surface area (Å²) in [5.74, 6) is -2.80. The molecule has 1 aliphatic rings. The second-order valence-electron chi connectivity index (χ2n) is 4.30. The minimum absolute atomic E-state index is 0.0107. The van der Waals surface area contributed by atoms with Crippen LogP contribution in [-0.2, 0) is 4.79 Å². The van der Waals surface area contributed by atoms with Gasteiger partial charge in [-0.3, -0.25) is 4.79 Å². The molecule has 0 aromatic heterocycles. The van der Waals surface area contributed by atoms with Crippen LogP contribution >= 0.6 is 11.6 Å². The van der Waals surface area contributed by atoms with Gasteiger partial charge in [-0.05, 0) is 30.9 Å². The van der Waals surface area contributed by atoms with E-state index in [-0.39, 0.29) is 22.9 Å².